The van der Waals surface area contributed by atoms with Crippen LogP contribution in [0.5, 0.6) is 0 Å². The van der Waals surface area contributed by atoms with Crippen molar-refractivity contribution < 1.29 is 0 Å². The molecule has 1 unspecified atom stereocenters. The van der Waals surface area contributed by atoms with Gasteiger partial charge in [0.15, 0.2) is 0 Å². The lowest BCUT2D eigenvalue weighted by atomic mass is 9.62. The van der Waals surface area contributed by atoms with Gasteiger partial charge in [-0.1, -0.05) is 157 Å². The van der Waals surface area contributed by atoms with Gasteiger partial charge in [-0.3, -0.25) is 4.57 Å². The highest BCUT2D eigenvalue weighted by atomic mass is 32.2. The zero-order valence-corrected chi connectivity index (χ0v) is 33.0. The molecule has 0 saturated carbocycles. The molecule has 0 radical (unpaired) electrons. The third-order valence-corrected chi connectivity index (χ3v) is 14.3. The van der Waals surface area contributed by atoms with Crippen molar-refractivity contribution in [3.05, 3.63) is 216 Å². The van der Waals surface area contributed by atoms with Gasteiger partial charge in [0.05, 0.1) is 44.4 Å². The van der Waals surface area contributed by atoms with Crippen molar-refractivity contribution in [2.75, 3.05) is 0 Å². The number of aromatic nitrogens is 4. The van der Waals surface area contributed by atoms with Gasteiger partial charge in [0.2, 0.25) is 5.95 Å². The van der Waals surface area contributed by atoms with Crippen molar-refractivity contribution in [2.24, 2.45) is 0 Å². The molecule has 0 N–H and O–H groups in total. The third-order valence-electron chi connectivity index (χ3n) is 13.2. The van der Waals surface area contributed by atoms with E-state index in [1.807, 2.05) is 11.8 Å². The van der Waals surface area contributed by atoms with Crippen molar-refractivity contribution in [1.82, 2.24) is 19.1 Å². The molecule has 0 amide bonds. The van der Waals surface area contributed by atoms with Crippen LogP contribution in [0.15, 0.2) is 204 Å². The Balaban J connectivity index is 1.10. The molecule has 278 valence electrons. The van der Waals surface area contributed by atoms with Crippen LogP contribution >= 0.6 is 11.8 Å². The van der Waals surface area contributed by atoms with Crippen LogP contribution in [-0.2, 0) is 5.41 Å². The molecule has 0 aliphatic carbocycles. The molecule has 1 atom stereocenters. The van der Waals surface area contributed by atoms with Gasteiger partial charge in [0.25, 0.3) is 0 Å². The molecule has 0 bridgehead atoms. The van der Waals surface area contributed by atoms with Gasteiger partial charge in [-0.15, -0.1) is 0 Å². The minimum absolute atomic E-state index is 0.572. The lowest BCUT2D eigenvalue weighted by Gasteiger charge is -2.45. The average molecular weight is 781 g/mol. The zero-order valence-electron chi connectivity index (χ0n) is 32.2. The summed E-state index contributed by atoms with van der Waals surface area (Å²) >= 11 is 1.87. The van der Waals surface area contributed by atoms with Crippen molar-refractivity contribution in [3.63, 3.8) is 0 Å². The Labute approximate surface area is 349 Å². The molecule has 14 rings (SSSR count). The zero-order chi connectivity index (χ0) is 39.1. The van der Waals surface area contributed by atoms with Crippen molar-refractivity contribution in [2.45, 2.75) is 15.2 Å². The summed E-state index contributed by atoms with van der Waals surface area (Å²) < 4.78 is 4.81. The summed E-state index contributed by atoms with van der Waals surface area (Å²) in [5.41, 5.74) is 13.5. The molecule has 5 heteroatoms. The Hall–Kier alpha value is -7.47. The van der Waals surface area contributed by atoms with Crippen LogP contribution in [0.1, 0.15) is 22.3 Å². The van der Waals surface area contributed by atoms with Crippen molar-refractivity contribution >= 4 is 77.0 Å². The quantitative estimate of drug-likeness (QED) is 0.175. The van der Waals surface area contributed by atoms with Crippen molar-refractivity contribution in [3.8, 4) is 22.9 Å². The summed E-state index contributed by atoms with van der Waals surface area (Å²) in [5.74, 6) is 0.663. The summed E-state index contributed by atoms with van der Waals surface area (Å²) in [6, 6.07) is 71.2. The summed E-state index contributed by atoms with van der Waals surface area (Å²) in [6.45, 7) is 0. The predicted molar refractivity (Wildman–Crippen MR) is 247 cm³/mol. The number of hydrogen-bond acceptors (Lipinski definition) is 3. The number of nitrogens with zero attached hydrogens (tertiary/aromatic N) is 4. The van der Waals surface area contributed by atoms with Crippen LogP contribution in [0.2, 0.25) is 0 Å². The molecule has 9 aromatic carbocycles. The minimum atomic E-state index is -0.572. The van der Waals surface area contributed by atoms with Gasteiger partial charge >= 0.3 is 0 Å². The van der Waals surface area contributed by atoms with E-state index >= 15 is 0 Å². The fourth-order valence-electron chi connectivity index (χ4n) is 10.7. The first-order valence-electron chi connectivity index (χ1n) is 20.5. The first-order valence-corrected chi connectivity index (χ1v) is 21.3. The standard InChI is InChI=1S/C55H32N4S/c1-2-15-34-30-35(29-28-33(34)14-1)52-39-18-3-8-23-45(39)56-54(57-52)59-47-25-10-5-17-37(47)40-31-44-51(32-49(40)59)60-50-27-12-7-21-42(50)55(44)41-20-6-11-26-48(41)58-46-24-9-4-16-36(46)38-19-13-22-43(55)53(38)58/h1-32H. The molecule has 0 fully saturated rings. The summed E-state index contributed by atoms with van der Waals surface area (Å²) in [5, 5.41) is 8.35. The highest BCUT2D eigenvalue weighted by molar-refractivity contribution is 7.99. The van der Waals surface area contributed by atoms with Crippen LogP contribution in [0.3, 0.4) is 0 Å². The fraction of sp³-hybridized carbons (Fsp3) is 0.0182. The highest BCUT2D eigenvalue weighted by Gasteiger charge is 2.49. The lowest BCUT2D eigenvalue weighted by molar-refractivity contribution is 0.691. The van der Waals surface area contributed by atoms with E-state index in [9.17, 15) is 0 Å². The summed E-state index contributed by atoms with van der Waals surface area (Å²) in [4.78, 5) is 13.3. The molecule has 12 aromatic rings. The van der Waals surface area contributed by atoms with E-state index in [4.69, 9.17) is 9.97 Å². The lowest BCUT2D eigenvalue weighted by Crippen LogP contribution is -2.37. The number of hydrogen-bond donors (Lipinski definition) is 0. The fourth-order valence-corrected chi connectivity index (χ4v) is 11.9. The maximum absolute atomic E-state index is 5.50. The summed E-state index contributed by atoms with van der Waals surface area (Å²) in [6.07, 6.45) is 0. The van der Waals surface area contributed by atoms with Gasteiger partial charge in [0.1, 0.15) is 0 Å². The number of fused-ring (bicyclic) bond motifs is 16. The second kappa shape index (κ2) is 11.8. The highest BCUT2D eigenvalue weighted by Crippen LogP contribution is 2.61. The van der Waals surface area contributed by atoms with E-state index in [1.165, 1.54) is 81.1 Å². The number of para-hydroxylation sites is 5. The molecule has 2 aliphatic rings. The Morgan fingerprint density at radius 2 is 1.07 bits per heavy atom. The molecule has 0 saturated heterocycles. The van der Waals surface area contributed by atoms with Gasteiger partial charge in [-0.25, -0.2) is 9.97 Å². The number of benzene rings is 9. The van der Waals surface area contributed by atoms with Crippen LogP contribution in [0, 0.1) is 0 Å². The van der Waals surface area contributed by atoms with Crippen LogP contribution in [0.25, 0.3) is 88.2 Å². The van der Waals surface area contributed by atoms with Gasteiger partial charge in [0, 0.05) is 42.3 Å². The molecule has 4 nitrogen and oxygen atoms in total. The van der Waals surface area contributed by atoms with Gasteiger partial charge in [-0.2, -0.15) is 0 Å². The van der Waals surface area contributed by atoms with Crippen LogP contribution in [-0.4, -0.2) is 19.1 Å². The first-order chi connectivity index (χ1) is 29.8. The monoisotopic (exact) mass is 780 g/mol. The Morgan fingerprint density at radius 1 is 0.400 bits per heavy atom. The van der Waals surface area contributed by atoms with E-state index in [0.717, 1.165) is 33.2 Å². The smallest absolute Gasteiger partial charge is 0.235 e. The summed E-state index contributed by atoms with van der Waals surface area (Å²) in [7, 11) is 0. The predicted octanol–water partition coefficient (Wildman–Crippen LogP) is 13.8. The SMILES string of the molecule is c1ccc2c(c1)Sc1cc3c(cc1C21c2ccccc2-n2c4ccccc4c4cccc1c42)c1ccccc1n3-c1nc(-c2ccc3ccccc3c2)c2ccccc2n1. The van der Waals surface area contributed by atoms with Gasteiger partial charge in [-0.05, 0) is 81.6 Å². The van der Waals surface area contributed by atoms with E-state index in [-0.39, 0.29) is 0 Å². The van der Waals surface area contributed by atoms with Crippen LogP contribution in [0.4, 0.5) is 0 Å². The second-order valence-corrected chi connectivity index (χ2v) is 17.2. The number of rotatable bonds is 2. The van der Waals surface area contributed by atoms with Crippen LogP contribution < -0.4 is 0 Å². The maximum Gasteiger partial charge on any atom is 0.235 e. The maximum atomic E-state index is 5.50. The Morgan fingerprint density at radius 3 is 1.95 bits per heavy atom. The molecular formula is C55H32N4S. The normalized spacial score (nSPS) is 15.3. The van der Waals surface area contributed by atoms with E-state index in [2.05, 4.69) is 203 Å². The largest absolute Gasteiger partial charge is 0.309 e. The van der Waals surface area contributed by atoms with E-state index in [1.54, 1.807) is 0 Å². The van der Waals surface area contributed by atoms with Gasteiger partial charge < -0.3 is 4.57 Å². The molecule has 1 spiro atoms. The Kier molecular flexibility index (Phi) is 6.40. The van der Waals surface area contributed by atoms with E-state index < -0.39 is 5.41 Å². The second-order valence-electron chi connectivity index (χ2n) is 16.1. The minimum Gasteiger partial charge on any atom is -0.309 e. The topological polar surface area (TPSA) is 35.6 Å². The van der Waals surface area contributed by atoms with Crippen molar-refractivity contribution in [1.29, 1.82) is 0 Å². The molecule has 60 heavy (non-hydrogen) atoms. The first kappa shape index (κ1) is 32.5. The molecule has 5 heterocycles. The molecule has 2 aliphatic heterocycles. The Bertz CT molecular complexity index is 3840. The van der Waals surface area contributed by atoms with E-state index in [0.29, 0.717) is 5.95 Å². The third kappa shape index (κ3) is 4.12. The molecular weight excluding hydrogens is 749 g/mol. The average Bonchev–Trinajstić information content (AvgIpc) is 3.82. The molecule has 3 aromatic heterocycles.